The second-order valence-electron chi connectivity index (χ2n) is 4.14. The number of rotatable bonds is 5. The molecule has 0 atom stereocenters. The van der Waals surface area contributed by atoms with Gasteiger partial charge in [-0.1, -0.05) is 24.4 Å². The van der Waals surface area contributed by atoms with E-state index < -0.39 is 0 Å². The molecule has 0 unspecified atom stereocenters. The largest absolute Gasteiger partial charge is 0.298 e. The molecule has 1 nitrogen and oxygen atoms in total. The minimum atomic E-state index is 0.329. The summed E-state index contributed by atoms with van der Waals surface area (Å²) >= 11 is 9.18. The van der Waals surface area contributed by atoms with Gasteiger partial charge in [-0.2, -0.15) is 11.8 Å². The molecule has 0 N–H and O–H groups in total. The van der Waals surface area contributed by atoms with E-state index in [0.29, 0.717) is 18.0 Å². The van der Waals surface area contributed by atoms with Crippen LogP contribution in [0.1, 0.15) is 30.6 Å². The average Bonchev–Trinajstić information content (AvgIpc) is 2.87. The lowest BCUT2D eigenvalue weighted by Crippen LogP contribution is -2.08. The van der Waals surface area contributed by atoms with E-state index in [-0.39, 0.29) is 0 Å². The monoisotopic (exact) mass is 274 g/mol. The van der Waals surface area contributed by atoms with Crippen LogP contribution in [0.5, 0.6) is 0 Å². The van der Waals surface area contributed by atoms with Crippen molar-refractivity contribution >= 4 is 40.5 Å². The standard InChI is InChI=1S/C12H15ClOS2/c13-12-6-5-11(16-12)7-9(14)8-15-10-3-1-2-4-10/h5-6,10H,1-4,7-8H2. The van der Waals surface area contributed by atoms with Gasteiger partial charge in [-0.3, -0.25) is 4.79 Å². The van der Waals surface area contributed by atoms with E-state index in [2.05, 4.69) is 0 Å². The van der Waals surface area contributed by atoms with Crippen molar-refractivity contribution in [1.82, 2.24) is 0 Å². The molecule has 1 aromatic heterocycles. The number of halogens is 1. The van der Waals surface area contributed by atoms with Gasteiger partial charge in [0.2, 0.25) is 0 Å². The molecular weight excluding hydrogens is 260 g/mol. The molecule has 1 aliphatic carbocycles. The minimum Gasteiger partial charge on any atom is -0.298 e. The van der Waals surface area contributed by atoms with Crippen molar-refractivity contribution < 1.29 is 4.79 Å². The normalized spacial score (nSPS) is 16.8. The van der Waals surface area contributed by atoms with Crippen molar-refractivity contribution in [1.29, 1.82) is 0 Å². The third-order valence-corrected chi connectivity index (χ3v) is 5.45. The molecule has 1 fully saturated rings. The molecule has 0 saturated heterocycles. The summed E-state index contributed by atoms with van der Waals surface area (Å²) in [6.07, 6.45) is 5.82. The average molecular weight is 275 g/mol. The minimum absolute atomic E-state index is 0.329. The summed E-state index contributed by atoms with van der Waals surface area (Å²) in [5, 5.41) is 0.732. The Morgan fingerprint density at radius 1 is 1.44 bits per heavy atom. The van der Waals surface area contributed by atoms with Crippen molar-refractivity contribution in [3.63, 3.8) is 0 Å². The molecule has 1 aliphatic rings. The maximum Gasteiger partial charge on any atom is 0.147 e. The fourth-order valence-electron chi connectivity index (χ4n) is 1.96. The van der Waals surface area contributed by atoms with Crippen molar-refractivity contribution in [2.75, 3.05) is 5.75 Å². The zero-order valence-electron chi connectivity index (χ0n) is 9.08. The lowest BCUT2D eigenvalue weighted by Gasteiger charge is -2.06. The number of hydrogen-bond donors (Lipinski definition) is 0. The smallest absolute Gasteiger partial charge is 0.147 e. The summed E-state index contributed by atoms with van der Waals surface area (Å²) in [6.45, 7) is 0. The van der Waals surface area contributed by atoms with Crippen molar-refractivity contribution in [3.8, 4) is 0 Å². The Hall–Kier alpha value is 0.01000. The molecule has 0 aromatic carbocycles. The predicted octanol–water partition coefficient (Wildman–Crippen LogP) is 4.19. The Kier molecular flexibility index (Phi) is 4.74. The van der Waals surface area contributed by atoms with Crippen LogP contribution in [0.15, 0.2) is 12.1 Å². The van der Waals surface area contributed by atoms with Gasteiger partial charge in [0, 0.05) is 16.5 Å². The highest BCUT2D eigenvalue weighted by atomic mass is 35.5. The van der Waals surface area contributed by atoms with Gasteiger partial charge in [-0.25, -0.2) is 0 Å². The molecule has 16 heavy (non-hydrogen) atoms. The summed E-state index contributed by atoms with van der Waals surface area (Å²) in [5.41, 5.74) is 0. The van der Waals surface area contributed by atoms with E-state index in [1.807, 2.05) is 23.9 Å². The highest BCUT2D eigenvalue weighted by Crippen LogP contribution is 2.29. The van der Waals surface area contributed by atoms with E-state index in [0.717, 1.165) is 14.5 Å². The van der Waals surface area contributed by atoms with Crippen LogP contribution < -0.4 is 0 Å². The molecule has 1 heterocycles. The van der Waals surface area contributed by atoms with Gasteiger partial charge in [0.15, 0.2) is 0 Å². The highest BCUT2D eigenvalue weighted by Gasteiger charge is 2.16. The Balaban J connectivity index is 1.71. The second kappa shape index (κ2) is 6.08. The maximum atomic E-state index is 11.7. The fourth-order valence-corrected chi connectivity index (χ4v) is 4.26. The lowest BCUT2D eigenvalue weighted by molar-refractivity contribution is -0.115. The van der Waals surface area contributed by atoms with Crippen LogP contribution in [0.2, 0.25) is 4.34 Å². The molecule has 1 aromatic rings. The molecule has 2 rings (SSSR count). The molecule has 1 saturated carbocycles. The number of thioether (sulfide) groups is 1. The SMILES string of the molecule is O=C(CSC1CCCC1)Cc1ccc(Cl)s1. The van der Waals surface area contributed by atoms with E-state index in [4.69, 9.17) is 11.6 Å². The second-order valence-corrected chi connectivity index (χ2v) is 7.23. The summed E-state index contributed by atoms with van der Waals surface area (Å²) in [6, 6.07) is 3.81. The van der Waals surface area contributed by atoms with E-state index in [1.54, 1.807) is 0 Å². The number of Topliss-reactive ketones (excluding diaryl/α,β-unsaturated/α-hetero) is 1. The number of hydrogen-bond acceptors (Lipinski definition) is 3. The lowest BCUT2D eigenvalue weighted by atomic mass is 10.3. The first-order valence-corrected chi connectivity index (χ1v) is 7.86. The van der Waals surface area contributed by atoms with Crippen LogP contribution in [-0.4, -0.2) is 16.8 Å². The molecule has 0 bridgehead atoms. The highest BCUT2D eigenvalue weighted by molar-refractivity contribution is 8.00. The van der Waals surface area contributed by atoms with Crippen molar-refractivity contribution in [2.24, 2.45) is 0 Å². The van der Waals surface area contributed by atoms with Gasteiger partial charge >= 0.3 is 0 Å². The molecule has 4 heteroatoms. The van der Waals surface area contributed by atoms with E-state index >= 15 is 0 Å². The Bertz CT molecular complexity index is 356. The van der Waals surface area contributed by atoms with Crippen molar-refractivity contribution in [2.45, 2.75) is 37.4 Å². The fraction of sp³-hybridized carbons (Fsp3) is 0.583. The molecule has 0 radical (unpaired) electrons. The van der Waals surface area contributed by atoms with Gasteiger partial charge in [0.1, 0.15) is 5.78 Å². The Labute approximate surface area is 110 Å². The first-order chi connectivity index (χ1) is 7.74. The van der Waals surface area contributed by atoms with Crippen LogP contribution in [0, 0.1) is 0 Å². The molecule has 0 amide bonds. The molecular formula is C12H15ClOS2. The van der Waals surface area contributed by atoms with Gasteiger partial charge < -0.3 is 0 Å². The van der Waals surface area contributed by atoms with Gasteiger partial charge in [0.25, 0.3) is 0 Å². The summed E-state index contributed by atoms with van der Waals surface area (Å²) in [5.74, 6) is 0.996. The molecule has 0 spiro atoms. The zero-order valence-corrected chi connectivity index (χ0v) is 11.5. The van der Waals surface area contributed by atoms with Gasteiger partial charge in [0.05, 0.1) is 10.1 Å². The van der Waals surface area contributed by atoms with Crippen LogP contribution in [0.4, 0.5) is 0 Å². The van der Waals surface area contributed by atoms with Gasteiger partial charge in [-0.05, 0) is 25.0 Å². The van der Waals surface area contributed by atoms with E-state index in [9.17, 15) is 4.79 Å². The van der Waals surface area contributed by atoms with Gasteiger partial charge in [-0.15, -0.1) is 11.3 Å². The number of carbonyl (C=O) groups excluding carboxylic acids is 1. The van der Waals surface area contributed by atoms with Crippen molar-refractivity contribution in [3.05, 3.63) is 21.3 Å². The molecule has 0 aliphatic heterocycles. The third-order valence-electron chi connectivity index (χ3n) is 2.78. The van der Waals surface area contributed by atoms with Crippen LogP contribution >= 0.6 is 34.7 Å². The summed E-state index contributed by atoms with van der Waals surface area (Å²) < 4.78 is 0.770. The number of carbonyl (C=O) groups is 1. The quantitative estimate of drug-likeness (QED) is 0.801. The summed E-state index contributed by atoms with van der Waals surface area (Å²) in [7, 11) is 0. The first kappa shape index (κ1) is 12.5. The summed E-state index contributed by atoms with van der Waals surface area (Å²) in [4.78, 5) is 12.8. The number of ketones is 1. The predicted molar refractivity (Wildman–Crippen MR) is 72.8 cm³/mol. The Morgan fingerprint density at radius 2 is 2.19 bits per heavy atom. The third kappa shape index (κ3) is 3.79. The maximum absolute atomic E-state index is 11.7. The van der Waals surface area contributed by atoms with E-state index in [1.165, 1.54) is 37.0 Å². The van der Waals surface area contributed by atoms with Crippen LogP contribution in [0.25, 0.3) is 0 Å². The molecule has 88 valence electrons. The van der Waals surface area contributed by atoms with Crippen LogP contribution in [-0.2, 0) is 11.2 Å². The Morgan fingerprint density at radius 3 is 2.81 bits per heavy atom. The zero-order chi connectivity index (χ0) is 11.4. The first-order valence-electron chi connectivity index (χ1n) is 5.61. The topological polar surface area (TPSA) is 17.1 Å². The van der Waals surface area contributed by atoms with Crippen LogP contribution in [0.3, 0.4) is 0 Å². The number of thiophene rings is 1.